The molecule has 1 aliphatic heterocycles. The molecule has 23 heavy (non-hydrogen) atoms. The second kappa shape index (κ2) is 7.15. The maximum absolute atomic E-state index is 12.7. The lowest BCUT2D eigenvalue weighted by atomic mass is 10.1. The van der Waals surface area contributed by atoms with Crippen LogP contribution in [0.3, 0.4) is 0 Å². The summed E-state index contributed by atoms with van der Waals surface area (Å²) in [4.78, 5) is 14.6. The summed E-state index contributed by atoms with van der Waals surface area (Å²) in [6.07, 6.45) is 2.97. The predicted octanol–water partition coefficient (Wildman–Crippen LogP) is 2.90. The van der Waals surface area contributed by atoms with Crippen molar-refractivity contribution >= 4 is 17.5 Å². The van der Waals surface area contributed by atoms with Gasteiger partial charge < -0.3 is 9.64 Å². The Kier molecular flexibility index (Phi) is 4.98. The highest BCUT2D eigenvalue weighted by molar-refractivity contribution is 6.30. The van der Waals surface area contributed by atoms with Gasteiger partial charge in [0.15, 0.2) is 0 Å². The maximum Gasteiger partial charge on any atom is 0.223 e. The van der Waals surface area contributed by atoms with Gasteiger partial charge in [-0.25, -0.2) is 0 Å². The summed E-state index contributed by atoms with van der Waals surface area (Å²) >= 11 is 5.89. The van der Waals surface area contributed by atoms with E-state index in [2.05, 4.69) is 10.2 Å². The minimum atomic E-state index is -0.0797. The number of morpholine rings is 1. The molecule has 1 aliphatic rings. The molecule has 122 valence electrons. The third-order valence-electron chi connectivity index (χ3n) is 4.19. The number of carbonyl (C=O) groups is 1. The first-order valence-corrected chi connectivity index (χ1v) is 8.14. The Morgan fingerprint density at radius 2 is 2.22 bits per heavy atom. The van der Waals surface area contributed by atoms with Crippen LogP contribution in [0.25, 0.3) is 0 Å². The van der Waals surface area contributed by atoms with Gasteiger partial charge in [-0.1, -0.05) is 23.7 Å². The van der Waals surface area contributed by atoms with Crippen molar-refractivity contribution in [1.82, 2.24) is 15.1 Å². The van der Waals surface area contributed by atoms with Gasteiger partial charge in [0, 0.05) is 18.0 Å². The van der Waals surface area contributed by atoms with Crippen molar-refractivity contribution in [2.24, 2.45) is 0 Å². The standard InChI is InChI=1S/C17H20ClN3O2/c1-12-10-19-20-17(12)15-11-23-9-8-21(15)16(22)7-4-13-2-5-14(18)6-3-13/h2-3,5-6,10,15H,4,7-9,11H2,1H3,(H,19,20). The van der Waals surface area contributed by atoms with Crippen molar-refractivity contribution in [3.8, 4) is 0 Å². The highest BCUT2D eigenvalue weighted by Crippen LogP contribution is 2.26. The SMILES string of the molecule is Cc1cn[nH]c1C1COCCN1C(=O)CCc1ccc(Cl)cc1. The Morgan fingerprint density at radius 1 is 1.43 bits per heavy atom. The van der Waals surface area contributed by atoms with Gasteiger partial charge in [-0.05, 0) is 36.6 Å². The molecule has 2 heterocycles. The lowest BCUT2D eigenvalue weighted by molar-refractivity contribution is -0.140. The molecular weight excluding hydrogens is 314 g/mol. The fraction of sp³-hybridized carbons (Fsp3) is 0.412. The van der Waals surface area contributed by atoms with Crippen molar-refractivity contribution in [2.75, 3.05) is 19.8 Å². The minimum Gasteiger partial charge on any atom is -0.377 e. The number of aromatic amines is 1. The van der Waals surface area contributed by atoms with Crippen LogP contribution in [0, 0.1) is 6.92 Å². The minimum absolute atomic E-state index is 0.0797. The number of amides is 1. The number of hydrogen-bond donors (Lipinski definition) is 1. The van der Waals surface area contributed by atoms with Gasteiger partial charge in [-0.15, -0.1) is 0 Å². The maximum atomic E-state index is 12.7. The molecule has 0 saturated carbocycles. The van der Waals surface area contributed by atoms with Crippen molar-refractivity contribution < 1.29 is 9.53 Å². The number of rotatable bonds is 4. The lowest BCUT2D eigenvalue weighted by Crippen LogP contribution is -2.43. The summed E-state index contributed by atoms with van der Waals surface area (Å²) in [6.45, 7) is 3.69. The molecule has 1 aromatic heterocycles. The Hall–Kier alpha value is -1.85. The molecule has 1 fully saturated rings. The van der Waals surface area contributed by atoms with E-state index < -0.39 is 0 Å². The van der Waals surface area contributed by atoms with Gasteiger partial charge in [0.2, 0.25) is 5.91 Å². The number of H-pyrrole nitrogens is 1. The van der Waals surface area contributed by atoms with Crippen molar-refractivity contribution in [3.63, 3.8) is 0 Å². The summed E-state index contributed by atoms with van der Waals surface area (Å²) < 4.78 is 5.56. The van der Waals surface area contributed by atoms with Crippen LogP contribution in [0.2, 0.25) is 5.02 Å². The number of ether oxygens (including phenoxy) is 1. The fourth-order valence-electron chi connectivity index (χ4n) is 2.88. The van der Waals surface area contributed by atoms with Gasteiger partial charge in [0.1, 0.15) is 0 Å². The van der Waals surface area contributed by atoms with E-state index in [0.717, 1.165) is 16.8 Å². The van der Waals surface area contributed by atoms with E-state index in [1.807, 2.05) is 36.1 Å². The van der Waals surface area contributed by atoms with Crippen molar-refractivity contribution in [1.29, 1.82) is 0 Å². The molecule has 0 aliphatic carbocycles. The molecule has 0 radical (unpaired) electrons. The van der Waals surface area contributed by atoms with Crippen LogP contribution < -0.4 is 0 Å². The number of nitrogens with one attached hydrogen (secondary N) is 1. The predicted molar refractivity (Wildman–Crippen MR) is 88.4 cm³/mol. The van der Waals surface area contributed by atoms with E-state index in [0.29, 0.717) is 37.6 Å². The number of benzene rings is 1. The van der Waals surface area contributed by atoms with E-state index in [9.17, 15) is 4.79 Å². The first-order chi connectivity index (χ1) is 11.1. The molecule has 0 bridgehead atoms. The molecule has 1 atom stereocenters. The molecule has 1 aromatic carbocycles. The molecule has 5 nitrogen and oxygen atoms in total. The fourth-order valence-corrected chi connectivity index (χ4v) is 3.01. The molecule has 0 spiro atoms. The molecule has 1 unspecified atom stereocenters. The average molecular weight is 334 g/mol. The zero-order valence-electron chi connectivity index (χ0n) is 13.1. The molecule has 6 heteroatoms. The van der Waals surface area contributed by atoms with Gasteiger partial charge in [0.05, 0.1) is 31.1 Å². The summed E-state index contributed by atoms with van der Waals surface area (Å²) in [5.74, 6) is 0.141. The van der Waals surface area contributed by atoms with Crippen molar-refractivity contribution in [3.05, 3.63) is 52.3 Å². The Labute approximate surface area is 140 Å². The Balaban J connectivity index is 1.66. The zero-order valence-corrected chi connectivity index (χ0v) is 13.8. The quantitative estimate of drug-likeness (QED) is 0.936. The number of nitrogens with zero attached hydrogens (tertiary/aromatic N) is 2. The highest BCUT2D eigenvalue weighted by atomic mass is 35.5. The van der Waals surface area contributed by atoms with Crippen molar-refractivity contribution in [2.45, 2.75) is 25.8 Å². The van der Waals surface area contributed by atoms with Crippen LogP contribution in [0.15, 0.2) is 30.5 Å². The van der Waals surface area contributed by atoms with Crippen LogP contribution in [0.5, 0.6) is 0 Å². The summed E-state index contributed by atoms with van der Waals surface area (Å²) in [5, 5.41) is 7.77. The molecule has 2 aromatic rings. The number of aryl methyl sites for hydroxylation is 2. The second-order valence-corrected chi connectivity index (χ2v) is 6.21. The van der Waals surface area contributed by atoms with Crippen LogP contribution in [-0.2, 0) is 16.0 Å². The number of carbonyl (C=O) groups excluding carboxylic acids is 1. The summed E-state index contributed by atoms with van der Waals surface area (Å²) in [5.41, 5.74) is 3.13. The third-order valence-corrected chi connectivity index (χ3v) is 4.44. The monoisotopic (exact) mass is 333 g/mol. The van der Waals surface area contributed by atoms with E-state index in [1.54, 1.807) is 6.20 Å². The van der Waals surface area contributed by atoms with Gasteiger partial charge in [-0.2, -0.15) is 5.10 Å². The Bertz CT molecular complexity index is 669. The van der Waals surface area contributed by atoms with E-state index in [4.69, 9.17) is 16.3 Å². The van der Waals surface area contributed by atoms with Crippen LogP contribution in [-0.4, -0.2) is 40.8 Å². The van der Waals surface area contributed by atoms with Gasteiger partial charge in [0.25, 0.3) is 0 Å². The molecular formula is C17H20ClN3O2. The van der Waals surface area contributed by atoms with E-state index in [1.165, 1.54) is 0 Å². The highest BCUT2D eigenvalue weighted by Gasteiger charge is 2.30. The van der Waals surface area contributed by atoms with Crippen LogP contribution in [0.4, 0.5) is 0 Å². The first kappa shape index (κ1) is 16.0. The number of aromatic nitrogens is 2. The zero-order chi connectivity index (χ0) is 16.2. The second-order valence-electron chi connectivity index (χ2n) is 5.77. The number of halogens is 1. The van der Waals surface area contributed by atoms with E-state index in [-0.39, 0.29) is 11.9 Å². The van der Waals surface area contributed by atoms with Gasteiger partial charge >= 0.3 is 0 Å². The molecule has 3 rings (SSSR count). The summed E-state index contributed by atoms with van der Waals surface area (Å²) in [7, 11) is 0. The normalized spacial score (nSPS) is 18.2. The molecule has 1 saturated heterocycles. The lowest BCUT2D eigenvalue weighted by Gasteiger charge is -2.35. The van der Waals surface area contributed by atoms with Gasteiger partial charge in [-0.3, -0.25) is 9.89 Å². The summed E-state index contributed by atoms with van der Waals surface area (Å²) in [6, 6.07) is 7.56. The third kappa shape index (κ3) is 3.74. The molecule has 1 amide bonds. The number of hydrogen-bond acceptors (Lipinski definition) is 3. The molecule has 1 N–H and O–H groups in total. The largest absolute Gasteiger partial charge is 0.377 e. The smallest absolute Gasteiger partial charge is 0.223 e. The van der Waals surface area contributed by atoms with Crippen LogP contribution >= 0.6 is 11.6 Å². The first-order valence-electron chi connectivity index (χ1n) is 7.76. The average Bonchev–Trinajstić information content (AvgIpc) is 3.00. The topological polar surface area (TPSA) is 58.2 Å². The van der Waals surface area contributed by atoms with Crippen LogP contribution in [0.1, 0.15) is 29.3 Å². The van der Waals surface area contributed by atoms with E-state index >= 15 is 0 Å². The Morgan fingerprint density at radius 3 is 2.91 bits per heavy atom.